The molecule has 24 heavy (non-hydrogen) atoms. The summed E-state index contributed by atoms with van der Waals surface area (Å²) in [6.45, 7) is 4.05. The Labute approximate surface area is 143 Å². The number of hydrogen-bond donors (Lipinski definition) is 1. The van der Waals surface area contributed by atoms with Gasteiger partial charge in [0.05, 0.1) is 20.3 Å². The van der Waals surface area contributed by atoms with E-state index in [1.165, 1.54) is 5.56 Å². The summed E-state index contributed by atoms with van der Waals surface area (Å²) in [4.78, 5) is 12.2. The van der Waals surface area contributed by atoms with E-state index in [-0.39, 0.29) is 11.9 Å². The summed E-state index contributed by atoms with van der Waals surface area (Å²) in [6.07, 6.45) is 1.10. The van der Waals surface area contributed by atoms with E-state index in [4.69, 9.17) is 9.47 Å². The van der Waals surface area contributed by atoms with Crippen molar-refractivity contribution in [3.63, 3.8) is 0 Å². The molecule has 0 saturated carbocycles. The van der Waals surface area contributed by atoms with E-state index in [1.807, 2.05) is 25.1 Å². The molecule has 0 aromatic heterocycles. The Hall–Kier alpha value is -2.49. The Morgan fingerprint density at radius 3 is 2.33 bits per heavy atom. The maximum Gasteiger partial charge on any atom is 0.220 e. The van der Waals surface area contributed by atoms with Gasteiger partial charge in [-0.15, -0.1) is 0 Å². The second-order valence-electron chi connectivity index (χ2n) is 5.89. The summed E-state index contributed by atoms with van der Waals surface area (Å²) >= 11 is 0. The zero-order valence-corrected chi connectivity index (χ0v) is 14.8. The van der Waals surface area contributed by atoms with Crippen molar-refractivity contribution in [2.24, 2.45) is 0 Å². The fraction of sp³-hybridized carbons (Fsp3) is 0.350. The van der Waals surface area contributed by atoms with Crippen LogP contribution in [-0.2, 0) is 11.2 Å². The zero-order chi connectivity index (χ0) is 17.5. The molecule has 0 heterocycles. The van der Waals surface area contributed by atoms with Crippen molar-refractivity contribution >= 4 is 5.91 Å². The van der Waals surface area contributed by atoms with Crippen molar-refractivity contribution in [3.05, 3.63) is 59.2 Å². The Morgan fingerprint density at radius 2 is 1.71 bits per heavy atom. The molecule has 4 nitrogen and oxygen atoms in total. The van der Waals surface area contributed by atoms with E-state index in [2.05, 4.69) is 36.5 Å². The lowest BCUT2D eigenvalue weighted by atomic mass is 10.1. The third-order valence-corrected chi connectivity index (χ3v) is 4.04. The lowest BCUT2D eigenvalue weighted by Crippen LogP contribution is -2.26. The highest BCUT2D eigenvalue weighted by Crippen LogP contribution is 2.28. The lowest BCUT2D eigenvalue weighted by molar-refractivity contribution is -0.121. The molecule has 0 bridgehead atoms. The molecule has 1 atom stereocenters. The predicted octanol–water partition coefficient (Wildman–Crippen LogP) is 3.82. The van der Waals surface area contributed by atoms with Crippen LogP contribution in [0.25, 0.3) is 0 Å². The molecule has 0 fully saturated rings. The van der Waals surface area contributed by atoms with Crippen LogP contribution in [0.1, 0.15) is 36.1 Å². The first-order valence-corrected chi connectivity index (χ1v) is 8.10. The number of aryl methyl sites for hydroxylation is 2. The summed E-state index contributed by atoms with van der Waals surface area (Å²) in [5, 5.41) is 3.04. The molecule has 0 spiro atoms. The van der Waals surface area contributed by atoms with Crippen molar-refractivity contribution in [1.82, 2.24) is 5.32 Å². The third-order valence-electron chi connectivity index (χ3n) is 4.04. The molecule has 0 aliphatic rings. The van der Waals surface area contributed by atoms with Crippen LogP contribution >= 0.6 is 0 Å². The van der Waals surface area contributed by atoms with E-state index < -0.39 is 0 Å². The molecule has 2 aromatic rings. The molecule has 0 radical (unpaired) electrons. The average molecular weight is 327 g/mol. The first kappa shape index (κ1) is 17.9. The fourth-order valence-corrected chi connectivity index (χ4v) is 2.55. The first-order valence-electron chi connectivity index (χ1n) is 8.10. The van der Waals surface area contributed by atoms with Crippen LogP contribution in [0, 0.1) is 6.92 Å². The summed E-state index contributed by atoms with van der Waals surface area (Å²) in [5.74, 6) is 1.42. The Morgan fingerprint density at radius 1 is 1.04 bits per heavy atom. The molecule has 1 amide bonds. The van der Waals surface area contributed by atoms with E-state index >= 15 is 0 Å². The fourth-order valence-electron chi connectivity index (χ4n) is 2.55. The minimum atomic E-state index is 0.00324. The SMILES string of the molecule is COc1ccc(CCC(=O)N[C@H](C)c2ccc(C)cc2)cc1OC. The van der Waals surface area contributed by atoms with E-state index in [9.17, 15) is 4.79 Å². The number of carbonyl (C=O) groups excluding carboxylic acids is 1. The number of hydrogen-bond acceptors (Lipinski definition) is 3. The topological polar surface area (TPSA) is 47.6 Å². The van der Waals surface area contributed by atoms with Crippen LogP contribution in [0.3, 0.4) is 0 Å². The van der Waals surface area contributed by atoms with Crippen LogP contribution in [0.5, 0.6) is 11.5 Å². The first-order chi connectivity index (χ1) is 11.5. The summed E-state index contributed by atoms with van der Waals surface area (Å²) < 4.78 is 10.5. The van der Waals surface area contributed by atoms with Crippen molar-refractivity contribution in [3.8, 4) is 11.5 Å². The number of benzene rings is 2. The normalized spacial score (nSPS) is 11.7. The van der Waals surface area contributed by atoms with Crippen molar-refractivity contribution in [2.75, 3.05) is 14.2 Å². The van der Waals surface area contributed by atoms with Gasteiger partial charge in [0.2, 0.25) is 5.91 Å². The molecule has 4 heteroatoms. The molecule has 1 N–H and O–H groups in total. The minimum absolute atomic E-state index is 0.00324. The van der Waals surface area contributed by atoms with Crippen LogP contribution < -0.4 is 14.8 Å². The largest absolute Gasteiger partial charge is 0.493 e. The molecule has 2 rings (SSSR count). The van der Waals surface area contributed by atoms with E-state index in [0.29, 0.717) is 24.3 Å². The van der Waals surface area contributed by atoms with Gasteiger partial charge in [0.1, 0.15) is 0 Å². The van der Waals surface area contributed by atoms with Crippen molar-refractivity contribution < 1.29 is 14.3 Å². The Bertz CT molecular complexity index is 680. The standard InChI is InChI=1S/C20H25NO3/c1-14-5-9-17(10-6-14)15(2)21-20(22)12-8-16-7-11-18(23-3)19(13-16)24-4/h5-7,9-11,13,15H,8,12H2,1-4H3,(H,21,22)/t15-/m1/s1. The second-order valence-corrected chi connectivity index (χ2v) is 5.89. The van der Waals surface area contributed by atoms with Crippen LogP contribution in [0.15, 0.2) is 42.5 Å². The van der Waals surface area contributed by atoms with Gasteiger partial charge in [0.25, 0.3) is 0 Å². The molecule has 0 aliphatic heterocycles. The lowest BCUT2D eigenvalue weighted by Gasteiger charge is -2.15. The average Bonchev–Trinajstić information content (AvgIpc) is 2.60. The predicted molar refractivity (Wildman–Crippen MR) is 95.6 cm³/mol. The third kappa shape index (κ3) is 4.75. The van der Waals surface area contributed by atoms with Gasteiger partial charge in [0.15, 0.2) is 11.5 Å². The van der Waals surface area contributed by atoms with Gasteiger partial charge in [-0.25, -0.2) is 0 Å². The molecule has 0 aliphatic carbocycles. The molecule has 0 saturated heterocycles. The number of rotatable bonds is 7. The quantitative estimate of drug-likeness (QED) is 0.841. The van der Waals surface area contributed by atoms with Gasteiger partial charge in [-0.05, 0) is 43.5 Å². The van der Waals surface area contributed by atoms with Crippen molar-refractivity contribution in [2.45, 2.75) is 32.7 Å². The minimum Gasteiger partial charge on any atom is -0.493 e. The number of amides is 1. The molecular weight excluding hydrogens is 302 g/mol. The van der Waals surface area contributed by atoms with Gasteiger partial charge in [-0.3, -0.25) is 4.79 Å². The smallest absolute Gasteiger partial charge is 0.220 e. The molecule has 128 valence electrons. The Kier molecular flexibility index (Phi) is 6.24. The highest BCUT2D eigenvalue weighted by Gasteiger charge is 2.10. The maximum atomic E-state index is 12.2. The number of methoxy groups -OCH3 is 2. The van der Waals surface area contributed by atoms with Crippen LogP contribution in [0.4, 0.5) is 0 Å². The van der Waals surface area contributed by atoms with E-state index in [0.717, 1.165) is 11.1 Å². The van der Waals surface area contributed by atoms with Gasteiger partial charge in [0, 0.05) is 6.42 Å². The van der Waals surface area contributed by atoms with E-state index in [1.54, 1.807) is 14.2 Å². The van der Waals surface area contributed by atoms with Crippen LogP contribution in [-0.4, -0.2) is 20.1 Å². The van der Waals surface area contributed by atoms with Gasteiger partial charge >= 0.3 is 0 Å². The van der Waals surface area contributed by atoms with Crippen molar-refractivity contribution in [1.29, 1.82) is 0 Å². The summed E-state index contributed by atoms with van der Waals surface area (Å²) in [6, 6.07) is 13.9. The molecule has 2 aromatic carbocycles. The van der Waals surface area contributed by atoms with Gasteiger partial charge in [-0.1, -0.05) is 35.9 Å². The second kappa shape index (κ2) is 8.39. The molecule has 0 unspecified atom stereocenters. The highest BCUT2D eigenvalue weighted by atomic mass is 16.5. The van der Waals surface area contributed by atoms with Crippen LogP contribution in [0.2, 0.25) is 0 Å². The van der Waals surface area contributed by atoms with Gasteiger partial charge < -0.3 is 14.8 Å². The zero-order valence-electron chi connectivity index (χ0n) is 14.8. The monoisotopic (exact) mass is 327 g/mol. The summed E-state index contributed by atoms with van der Waals surface area (Å²) in [5.41, 5.74) is 3.37. The summed E-state index contributed by atoms with van der Waals surface area (Å²) in [7, 11) is 3.22. The number of ether oxygens (including phenoxy) is 2. The van der Waals surface area contributed by atoms with Gasteiger partial charge in [-0.2, -0.15) is 0 Å². The Balaban J connectivity index is 1.90. The maximum absolute atomic E-state index is 12.2. The number of nitrogens with one attached hydrogen (secondary N) is 1. The molecular formula is C20H25NO3. The number of carbonyl (C=O) groups is 1. The highest BCUT2D eigenvalue weighted by molar-refractivity contribution is 5.76.